The van der Waals surface area contributed by atoms with E-state index in [9.17, 15) is 9.18 Å². The Morgan fingerprint density at radius 1 is 1.08 bits per heavy atom. The summed E-state index contributed by atoms with van der Waals surface area (Å²) in [5, 5.41) is 4.34. The van der Waals surface area contributed by atoms with Crippen LogP contribution >= 0.6 is 0 Å². The minimum atomic E-state index is -0.270. The van der Waals surface area contributed by atoms with Crippen LogP contribution in [0.1, 0.15) is 17.5 Å². The molecule has 0 aliphatic carbocycles. The van der Waals surface area contributed by atoms with E-state index < -0.39 is 0 Å². The van der Waals surface area contributed by atoms with Gasteiger partial charge in [-0.15, -0.1) is 0 Å². The second kappa shape index (κ2) is 7.75. The first-order valence-corrected chi connectivity index (χ1v) is 8.19. The van der Waals surface area contributed by atoms with Gasteiger partial charge >= 0.3 is 0 Å². The number of aromatic nitrogens is 2. The Morgan fingerprint density at radius 3 is 2.52 bits per heavy atom. The van der Waals surface area contributed by atoms with Crippen LogP contribution in [0.3, 0.4) is 0 Å². The number of nitrogens with zero attached hydrogens (tertiary/aromatic N) is 3. The Bertz CT molecular complexity index is 828. The summed E-state index contributed by atoms with van der Waals surface area (Å²) in [5.41, 5.74) is 2.93. The zero-order chi connectivity index (χ0) is 17.6. The van der Waals surface area contributed by atoms with E-state index in [4.69, 9.17) is 0 Å². The molecule has 0 N–H and O–H groups in total. The number of halogens is 1. The van der Waals surface area contributed by atoms with E-state index >= 15 is 0 Å². The van der Waals surface area contributed by atoms with E-state index in [2.05, 4.69) is 5.10 Å². The molecule has 4 nitrogen and oxygen atoms in total. The monoisotopic (exact) mass is 337 g/mol. The van der Waals surface area contributed by atoms with Gasteiger partial charge in [-0.1, -0.05) is 30.3 Å². The molecule has 1 heterocycles. The van der Waals surface area contributed by atoms with Crippen LogP contribution < -0.4 is 0 Å². The van der Waals surface area contributed by atoms with Crippen LogP contribution in [-0.4, -0.2) is 27.6 Å². The van der Waals surface area contributed by atoms with E-state index in [0.29, 0.717) is 19.4 Å². The van der Waals surface area contributed by atoms with Crippen molar-refractivity contribution in [2.75, 3.05) is 7.05 Å². The first kappa shape index (κ1) is 16.9. The summed E-state index contributed by atoms with van der Waals surface area (Å²) in [6.45, 7) is 0.475. The number of benzene rings is 2. The predicted octanol–water partition coefficient (Wildman–Crippen LogP) is 3.60. The predicted molar refractivity (Wildman–Crippen MR) is 94.8 cm³/mol. The fourth-order valence-electron chi connectivity index (χ4n) is 2.61. The SMILES string of the molecule is CN(Cc1ccc(F)cc1)C(=O)CCc1cnn(-c2ccccc2)c1. The van der Waals surface area contributed by atoms with Gasteiger partial charge in [-0.3, -0.25) is 4.79 Å². The third-order valence-electron chi connectivity index (χ3n) is 4.04. The molecular formula is C20H20FN3O. The number of para-hydroxylation sites is 1. The van der Waals surface area contributed by atoms with Gasteiger partial charge in [0.2, 0.25) is 5.91 Å². The molecule has 0 fully saturated rings. The van der Waals surface area contributed by atoms with E-state index in [1.807, 2.05) is 41.2 Å². The van der Waals surface area contributed by atoms with Crippen LogP contribution in [0.15, 0.2) is 67.0 Å². The minimum Gasteiger partial charge on any atom is -0.341 e. The first-order valence-electron chi connectivity index (χ1n) is 8.19. The van der Waals surface area contributed by atoms with Gasteiger partial charge in [0.15, 0.2) is 0 Å². The maximum atomic E-state index is 12.9. The molecule has 0 spiro atoms. The first-order chi connectivity index (χ1) is 12.1. The van der Waals surface area contributed by atoms with Crippen molar-refractivity contribution in [3.63, 3.8) is 0 Å². The lowest BCUT2D eigenvalue weighted by Crippen LogP contribution is -2.26. The lowest BCUT2D eigenvalue weighted by Gasteiger charge is -2.17. The zero-order valence-corrected chi connectivity index (χ0v) is 14.1. The zero-order valence-electron chi connectivity index (χ0n) is 14.1. The molecule has 0 saturated heterocycles. The van der Waals surface area contributed by atoms with Crippen LogP contribution in [0.25, 0.3) is 5.69 Å². The molecule has 3 aromatic rings. The largest absolute Gasteiger partial charge is 0.341 e. The molecule has 3 rings (SSSR count). The van der Waals surface area contributed by atoms with Crippen molar-refractivity contribution in [3.05, 3.63) is 83.9 Å². The summed E-state index contributed by atoms with van der Waals surface area (Å²) < 4.78 is 14.7. The topological polar surface area (TPSA) is 38.1 Å². The second-order valence-corrected chi connectivity index (χ2v) is 6.00. The van der Waals surface area contributed by atoms with Crippen molar-refractivity contribution in [2.24, 2.45) is 0 Å². The maximum Gasteiger partial charge on any atom is 0.222 e. The summed E-state index contributed by atoms with van der Waals surface area (Å²) >= 11 is 0. The molecule has 1 aromatic heterocycles. The fourth-order valence-corrected chi connectivity index (χ4v) is 2.61. The highest BCUT2D eigenvalue weighted by Crippen LogP contribution is 2.11. The Morgan fingerprint density at radius 2 is 1.80 bits per heavy atom. The molecule has 0 bridgehead atoms. The maximum absolute atomic E-state index is 12.9. The van der Waals surface area contributed by atoms with Crippen LogP contribution in [0.4, 0.5) is 4.39 Å². The molecule has 25 heavy (non-hydrogen) atoms. The molecule has 0 aliphatic rings. The highest BCUT2D eigenvalue weighted by atomic mass is 19.1. The van der Waals surface area contributed by atoms with Gasteiger partial charge in [0.05, 0.1) is 11.9 Å². The van der Waals surface area contributed by atoms with Crippen molar-refractivity contribution in [1.82, 2.24) is 14.7 Å². The molecule has 0 saturated carbocycles. The normalized spacial score (nSPS) is 10.6. The molecule has 2 aromatic carbocycles. The summed E-state index contributed by atoms with van der Waals surface area (Å²) in [5.74, 6) is -0.218. The average molecular weight is 337 g/mol. The van der Waals surface area contributed by atoms with Gasteiger partial charge in [0, 0.05) is 26.2 Å². The second-order valence-electron chi connectivity index (χ2n) is 6.00. The Hall–Kier alpha value is -2.95. The van der Waals surface area contributed by atoms with E-state index in [1.165, 1.54) is 12.1 Å². The number of hydrogen-bond donors (Lipinski definition) is 0. The van der Waals surface area contributed by atoms with Crippen LogP contribution in [0.2, 0.25) is 0 Å². The highest BCUT2D eigenvalue weighted by Gasteiger charge is 2.10. The number of hydrogen-bond acceptors (Lipinski definition) is 2. The van der Waals surface area contributed by atoms with Crippen LogP contribution in [0, 0.1) is 5.82 Å². The quantitative estimate of drug-likeness (QED) is 0.689. The number of amides is 1. The molecule has 0 unspecified atom stereocenters. The van der Waals surface area contributed by atoms with Crippen LogP contribution in [-0.2, 0) is 17.8 Å². The van der Waals surface area contributed by atoms with Crippen molar-refractivity contribution in [1.29, 1.82) is 0 Å². The van der Waals surface area contributed by atoms with E-state index in [1.54, 1.807) is 30.3 Å². The van der Waals surface area contributed by atoms with Gasteiger partial charge in [0.25, 0.3) is 0 Å². The van der Waals surface area contributed by atoms with E-state index in [0.717, 1.165) is 16.8 Å². The molecule has 0 aliphatic heterocycles. The summed E-state index contributed by atoms with van der Waals surface area (Å²) in [6, 6.07) is 16.1. The van der Waals surface area contributed by atoms with E-state index in [-0.39, 0.29) is 11.7 Å². The van der Waals surface area contributed by atoms with Crippen molar-refractivity contribution in [2.45, 2.75) is 19.4 Å². The third kappa shape index (κ3) is 4.53. The fraction of sp³-hybridized carbons (Fsp3) is 0.200. The lowest BCUT2D eigenvalue weighted by atomic mass is 10.1. The highest BCUT2D eigenvalue weighted by molar-refractivity contribution is 5.76. The van der Waals surface area contributed by atoms with Gasteiger partial charge in [-0.25, -0.2) is 9.07 Å². The number of aryl methyl sites for hydroxylation is 1. The Balaban J connectivity index is 1.53. The van der Waals surface area contributed by atoms with Crippen molar-refractivity contribution >= 4 is 5.91 Å². The number of carbonyl (C=O) groups is 1. The summed E-state index contributed by atoms with van der Waals surface area (Å²) in [7, 11) is 1.76. The number of rotatable bonds is 6. The van der Waals surface area contributed by atoms with Gasteiger partial charge in [-0.05, 0) is 41.8 Å². The van der Waals surface area contributed by atoms with Crippen molar-refractivity contribution < 1.29 is 9.18 Å². The summed E-state index contributed by atoms with van der Waals surface area (Å²) in [4.78, 5) is 14.0. The number of carbonyl (C=O) groups excluding carboxylic acids is 1. The van der Waals surface area contributed by atoms with Crippen molar-refractivity contribution in [3.8, 4) is 5.69 Å². The molecule has 0 atom stereocenters. The molecule has 128 valence electrons. The lowest BCUT2D eigenvalue weighted by molar-refractivity contribution is -0.130. The Labute approximate surface area is 146 Å². The Kier molecular flexibility index (Phi) is 5.23. The van der Waals surface area contributed by atoms with Gasteiger partial charge in [0.1, 0.15) is 5.82 Å². The molecule has 0 radical (unpaired) electrons. The third-order valence-corrected chi connectivity index (χ3v) is 4.04. The van der Waals surface area contributed by atoms with Crippen LogP contribution in [0.5, 0.6) is 0 Å². The average Bonchev–Trinajstić information content (AvgIpc) is 3.11. The summed E-state index contributed by atoms with van der Waals surface area (Å²) in [6.07, 6.45) is 4.79. The molecule has 5 heteroatoms. The van der Waals surface area contributed by atoms with Gasteiger partial charge in [-0.2, -0.15) is 5.10 Å². The minimum absolute atomic E-state index is 0.0526. The molecular weight excluding hydrogens is 317 g/mol. The smallest absolute Gasteiger partial charge is 0.222 e. The van der Waals surface area contributed by atoms with Gasteiger partial charge < -0.3 is 4.90 Å². The molecule has 1 amide bonds. The standard InChI is InChI=1S/C20H20FN3O/c1-23(14-16-7-10-18(21)11-8-16)20(25)12-9-17-13-22-24(15-17)19-5-3-2-4-6-19/h2-8,10-11,13,15H,9,12,14H2,1H3.